The van der Waals surface area contributed by atoms with E-state index in [9.17, 15) is 8.42 Å². The van der Waals surface area contributed by atoms with E-state index < -0.39 is 10.0 Å². The molecule has 2 heterocycles. The molecule has 0 bridgehead atoms. The highest BCUT2D eigenvalue weighted by molar-refractivity contribution is 7.89. The van der Waals surface area contributed by atoms with E-state index in [2.05, 4.69) is 5.32 Å². The minimum absolute atomic E-state index is 0.0131. The molecular weight excluding hydrogens is 288 g/mol. The number of hydrogen-bond acceptors (Lipinski definition) is 4. The molecule has 0 radical (unpaired) electrons. The van der Waals surface area contributed by atoms with E-state index in [-0.39, 0.29) is 6.10 Å². The van der Waals surface area contributed by atoms with E-state index in [1.165, 1.54) is 0 Å². The Kier molecular flexibility index (Phi) is 3.94. The van der Waals surface area contributed by atoms with Crippen LogP contribution in [0, 0.1) is 6.92 Å². The van der Waals surface area contributed by atoms with Crippen LogP contribution in [0.1, 0.15) is 24.0 Å². The third-order valence-electron chi connectivity index (χ3n) is 4.44. The molecule has 2 aliphatic rings. The van der Waals surface area contributed by atoms with Gasteiger partial charge in [-0.1, -0.05) is 6.07 Å². The Morgan fingerprint density at radius 3 is 2.90 bits per heavy atom. The van der Waals surface area contributed by atoms with Gasteiger partial charge in [-0.05, 0) is 43.4 Å². The number of fused-ring (bicyclic) bond motifs is 1. The molecule has 1 atom stereocenters. The summed E-state index contributed by atoms with van der Waals surface area (Å²) in [6, 6.07) is 3.66. The first-order chi connectivity index (χ1) is 10.0. The molecule has 21 heavy (non-hydrogen) atoms. The van der Waals surface area contributed by atoms with Gasteiger partial charge >= 0.3 is 0 Å². The number of sulfonamides is 1. The summed E-state index contributed by atoms with van der Waals surface area (Å²) in [5.74, 6) is 0. The summed E-state index contributed by atoms with van der Waals surface area (Å²) in [6.07, 6.45) is 2.57. The Hall–Kier alpha value is -1.11. The Morgan fingerprint density at radius 1 is 1.38 bits per heavy atom. The first kappa shape index (κ1) is 14.8. The SMILES string of the molecule is COC1CCN(S(=O)(=O)c2ccc(C)c3c2CCCN3)C1. The fraction of sp³-hybridized carbons (Fsp3) is 0.600. The van der Waals surface area contributed by atoms with Crippen molar-refractivity contribution in [1.82, 2.24) is 4.31 Å². The number of aryl methyl sites for hydroxylation is 1. The second-order valence-corrected chi connectivity index (χ2v) is 7.68. The largest absolute Gasteiger partial charge is 0.385 e. The molecule has 1 fully saturated rings. The molecule has 1 aromatic carbocycles. The van der Waals surface area contributed by atoms with Crippen LogP contribution in [0.25, 0.3) is 0 Å². The third kappa shape index (κ3) is 2.56. The van der Waals surface area contributed by atoms with Gasteiger partial charge in [0.1, 0.15) is 0 Å². The summed E-state index contributed by atoms with van der Waals surface area (Å²) in [5, 5.41) is 3.35. The van der Waals surface area contributed by atoms with Crippen LogP contribution >= 0.6 is 0 Å². The molecule has 0 amide bonds. The lowest BCUT2D eigenvalue weighted by Crippen LogP contribution is -2.31. The van der Waals surface area contributed by atoms with Crippen molar-refractivity contribution in [3.8, 4) is 0 Å². The quantitative estimate of drug-likeness (QED) is 0.924. The van der Waals surface area contributed by atoms with E-state index in [1.54, 1.807) is 17.5 Å². The average Bonchev–Trinajstić information content (AvgIpc) is 2.97. The molecule has 3 rings (SSSR count). The van der Waals surface area contributed by atoms with Crippen LogP contribution in [0.3, 0.4) is 0 Å². The molecule has 1 unspecified atom stereocenters. The first-order valence-electron chi connectivity index (χ1n) is 7.43. The molecule has 116 valence electrons. The lowest BCUT2D eigenvalue weighted by Gasteiger charge is -2.25. The van der Waals surface area contributed by atoms with Gasteiger partial charge in [-0.25, -0.2) is 8.42 Å². The van der Waals surface area contributed by atoms with Crippen LogP contribution in [-0.4, -0.2) is 45.6 Å². The van der Waals surface area contributed by atoms with Gasteiger partial charge in [0.15, 0.2) is 0 Å². The number of nitrogens with one attached hydrogen (secondary N) is 1. The Bertz CT molecular complexity index is 643. The normalized spacial score (nSPS) is 22.9. The van der Waals surface area contributed by atoms with Gasteiger partial charge < -0.3 is 10.1 Å². The van der Waals surface area contributed by atoms with Crippen molar-refractivity contribution in [2.24, 2.45) is 0 Å². The van der Waals surface area contributed by atoms with E-state index in [0.29, 0.717) is 18.0 Å². The number of rotatable bonds is 3. The highest BCUT2D eigenvalue weighted by atomic mass is 32.2. The van der Waals surface area contributed by atoms with E-state index >= 15 is 0 Å². The number of anilines is 1. The maximum Gasteiger partial charge on any atom is 0.243 e. The van der Waals surface area contributed by atoms with Crippen molar-refractivity contribution < 1.29 is 13.2 Å². The van der Waals surface area contributed by atoms with Crippen molar-refractivity contribution >= 4 is 15.7 Å². The van der Waals surface area contributed by atoms with Crippen molar-refractivity contribution in [2.45, 2.75) is 37.2 Å². The van der Waals surface area contributed by atoms with E-state index in [0.717, 1.165) is 42.6 Å². The molecule has 0 saturated carbocycles. The minimum Gasteiger partial charge on any atom is -0.385 e. The zero-order valence-electron chi connectivity index (χ0n) is 12.6. The zero-order chi connectivity index (χ0) is 15.0. The van der Waals surface area contributed by atoms with Crippen LogP contribution in [-0.2, 0) is 21.2 Å². The molecule has 1 aromatic rings. The van der Waals surface area contributed by atoms with E-state index in [4.69, 9.17) is 4.74 Å². The number of benzene rings is 1. The fourth-order valence-corrected chi connectivity index (χ4v) is 4.95. The Labute approximate surface area is 126 Å². The van der Waals surface area contributed by atoms with Crippen molar-refractivity contribution in [3.05, 3.63) is 23.3 Å². The molecule has 0 spiro atoms. The number of nitrogens with zero attached hydrogens (tertiary/aromatic N) is 1. The van der Waals surface area contributed by atoms with E-state index in [1.807, 2.05) is 13.0 Å². The van der Waals surface area contributed by atoms with Gasteiger partial charge in [0, 0.05) is 32.4 Å². The van der Waals surface area contributed by atoms with Gasteiger partial charge in [-0.15, -0.1) is 0 Å². The number of ether oxygens (including phenoxy) is 1. The lowest BCUT2D eigenvalue weighted by molar-refractivity contribution is 0.115. The average molecular weight is 310 g/mol. The second kappa shape index (κ2) is 5.59. The monoisotopic (exact) mass is 310 g/mol. The summed E-state index contributed by atoms with van der Waals surface area (Å²) in [6.45, 7) is 3.92. The predicted octanol–water partition coefficient (Wildman–Crippen LogP) is 1.76. The van der Waals surface area contributed by atoms with Gasteiger partial charge in [0.25, 0.3) is 0 Å². The maximum absolute atomic E-state index is 12.9. The van der Waals surface area contributed by atoms with Crippen molar-refractivity contribution in [3.63, 3.8) is 0 Å². The summed E-state index contributed by atoms with van der Waals surface area (Å²) < 4.78 is 32.7. The van der Waals surface area contributed by atoms with Crippen LogP contribution in [0.15, 0.2) is 17.0 Å². The molecule has 5 nitrogen and oxygen atoms in total. The summed E-state index contributed by atoms with van der Waals surface area (Å²) in [7, 11) is -1.79. The second-order valence-electron chi connectivity index (χ2n) is 5.77. The molecule has 1 N–H and O–H groups in total. The minimum atomic E-state index is -3.43. The van der Waals surface area contributed by atoms with Crippen molar-refractivity contribution in [1.29, 1.82) is 0 Å². The van der Waals surface area contributed by atoms with Crippen molar-refractivity contribution in [2.75, 3.05) is 32.1 Å². The number of methoxy groups -OCH3 is 1. The third-order valence-corrected chi connectivity index (χ3v) is 6.39. The molecule has 0 aromatic heterocycles. The topological polar surface area (TPSA) is 58.6 Å². The highest BCUT2D eigenvalue weighted by Crippen LogP contribution is 2.34. The Morgan fingerprint density at radius 2 is 2.19 bits per heavy atom. The van der Waals surface area contributed by atoms with Gasteiger partial charge in [-0.2, -0.15) is 4.31 Å². The van der Waals surface area contributed by atoms with Crippen LogP contribution in [0.4, 0.5) is 5.69 Å². The van der Waals surface area contributed by atoms with Crippen LogP contribution in [0.2, 0.25) is 0 Å². The number of hydrogen-bond donors (Lipinski definition) is 1. The molecule has 2 aliphatic heterocycles. The van der Waals surface area contributed by atoms with Gasteiger partial charge in [-0.3, -0.25) is 0 Å². The highest BCUT2D eigenvalue weighted by Gasteiger charge is 2.34. The summed E-state index contributed by atoms with van der Waals surface area (Å²) in [5.41, 5.74) is 3.06. The van der Waals surface area contributed by atoms with Gasteiger partial charge in [0.05, 0.1) is 11.0 Å². The molecule has 1 saturated heterocycles. The molecular formula is C15H22N2O3S. The van der Waals surface area contributed by atoms with Crippen LogP contribution < -0.4 is 5.32 Å². The smallest absolute Gasteiger partial charge is 0.243 e. The standard InChI is InChI=1S/C15H22N2O3S/c1-11-5-6-14(13-4-3-8-16-15(11)13)21(18,19)17-9-7-12(10-17)20-2/h5-6,12,16H,3-4,7-10H2,1-2H3. The first-order valence-corrected chi connectivity index (χ1v) is 8.87. The summed E-state index contributed by atoms with van der Waals surface area (Å²) in [4.78, 5) is 0.465. The maximum atomic E-state index is 12.9. The lowest BCUT2D eigenvalue weighted by atomic mass is 10.00. The Balaban J connectivity index is 2.00. The summed E-state index contributed by atoms with van der Waals surface area (Å²) >= 11 is 0. The molecule has 0 aliphatic carbocycles. The van der Waals surface area contributed by atoms with Crippen LogP contribution in [0.5, 0.6) is 0 Å². The predicted molar refractivity (Wildman–Crippen MR) is 82.2 cm³/mol. The fourth-order valence-electron chi connectivity index (χ4n) is 3.21. The molecule has 6 heteroatoms. The van der Waals surface area contributed by atoms with Gasteiger partial charge in [0.2, 0.25) is 10.0 Å². The zero-order valence-corrected chi connectivity index (χ0v) is 13.4.